The van der Waals surface area contributed by atoms with Gasteiger partial charge in [-0.15, -0.1) is 0 Å². The van der Waals surface area contributed by atoms with Gasteiger partial charge >= 0.3 is 0 Å². The topological polar surface area (TPSA) is 38.5 Å². The van der Waals surface area contributed by atoms with Crippen LogP contribution in [0.5, 0.6) is 11.5 Å². The maximum atomic E-state index is 10.9. The predicted octanol–water partition coefficient (Wildman–Crippen LogP) is 0.804. The smallest absolute Gasteiger partial charge is 0.247 e. The minimum Gasteiger partial charge on any atom is -0.486 e. The number of ether oxygens (including phenoxy) is 2. The van der Waals surface area contributed by atoms with Crippen LogP contribution in [0, 0.1) is 0 Å². The predicted molar refractivity (Wildman–Crippen MR) is 49.8 cm³/mol. The van der Waals surface area contributed by atoms with E-state index in [1.165, 1.54) is 0 Å². The molecular formula is C10H9NO3. The fraction of sp³-hybridized carbons (Fsp3) is 0.300. The summed E-state index contributed by atoms with van der Waals surface area (Å²) in [4.78, 5) is 12.6. The van der Waals surface area contributed by atoms with Gasteiger partial charge in [0.15, 0.2) is 11.5 Å². The van der Waals surface area contributed by atoms with Crippen molar-refractivity contribution in [1.29, 1.82) is 0 Å². The molecule has 3 rings (SSSR count). The van der Waals surface area contributed by atoms with Gasteiger partial charge in [-0.2, -0.15) is 0 Å². The summed E-state index contributed by atoms with van der Waals surface area (Å²) in [5, 5.41) is 0. The number of carbonyl (C=O) groups is 1. The lowest BCUT2D eigenvalue weighted by Crippen LogP contribution is -2.15. The Hall–Kier alpha value is -1.71. The second kappa shape index (κ2) is 2.64. The Bertz CT molecular complexity index is 402. The SMILES string of the molecule is O=C1CN1c1ccc2c(c1)OCCO2. The van der Waals surface area contributed by atoms with Crippen molar-refractivity contribution in [3.05, 3.63) is 18.2 Å². The zero-order chi connectivity index (χ0) is 9.54. The molecule has 2 heterocycles. The van der Waals surface area contributed by atoms with Crippen LogP contribution >= 0.6 is 0 Å². The number of benzene rings is 1. The van der Waals surface area contributed by atoms with Gasteiger partial charge in [-0.05, 0) is 12.1 Å². The summed E-state index contributed by atoms with van der Waals surface area (Å²) in [5.41, 5.74) is 0.888. The van der Waals surface area contributed by atoms with Crippen molar-refractivity contribution >= 4 is 11.6 Å². The molecule has 0 radical (unpaired) electrons. The van der Waals surface area contributed by atoms with Gasteiger partial charge in [0.2, 0.25) is 5.91 Å². The average molecular weight is 191 g/mol. The Kier molecular flexibility index (Phi) is 1.45. The van der Waals surface area contributed by atoms with Crippen LogP contribution in [0.2, 0.25) is 0 Å². The van der Waals surface area contributed by atoms with E-state index >= 15 is 0 Å². The maximum absolute atomic E-state index is 10.9. The van der Waals surface area contributed by atoms with Gasteiger partial charge < -0.3 is 14.4 Å². The summed E-state index contributed by atoms with van der Waals surface area (Å²) >= 11 is 0. The van der Waals surface area contributed by atoms with Crippen LogP contribution in [-0.2, 0) is 4.79 Å². The number of fused-ring (bicyclic) bond motifs is 1. The molecular weight excluding hydrogens is 182 g/mol. The molecule has 0 atom stereocenters. The molecule has 1 aromatic rings. The van der Waals surface area contributed by atoms with Crippen LogP contribution in [0.1, 0.15) is 0 Å². The number of rotatable bonds is 1. The Morgan fingerprint density at radius 3 is 2.57 bits per heavy atom. The molecule has 2 aliphatic rings. The quantitative estimate of drug-likeness (QED) is 0.616. The molecule has 1 fully saturated rings. The van der Waals surface area contributed by atoms with Gasteiger partial charge in [0, 0.05) is 11.8 Å². The fourth-order valence-electron chi connectivity index (χ4n) is 1.54. The van der Waals surface area contributed by atoms with Crippen LogP contribution in [0.3, 0.4) is 0 Å². The summed E-state index contributed by atoms with van der Waals surface area (Å²) in [6.45, 7) is 1.68. The standard InChI is InChI=1S/C10H9NO3/c12-10-6-11(10)7-1-2-8-9(5-7)14-4-3-13-8/h1-2,5H,3-4,6H2. The minimum absolute atomic E-state index is 0.154. The van der Waals surface area contributed by atoms with E-state index in [1.807, 2.05) is 18.2 Å². The molecule has 0 N–H and O–H groups in total. The number of nitrogens with zero attached hydrogens (tertiary/aromatic N) is 1. The molecule has 0 aromatic heterocycles. The van der Waals surface area contributed by atoms with E-state index in [-0.39, 0.29) is 5.91 Å². The van der Waals surface area contributed by atoms with Gasteiger partial charge in [0.1, 0.15) is 19.8 Å². The van der Waals surface area contributed by atoms with Gasteiger partial charge in [0.05, 0.1) is 0 Å². The first-order valence-corrected chi connectivity index (χ1v) is 4.54. The monoisotopic (exact) mass is 191 g/mol. The molecule has 0 bridgehead atoms. The van der Waals surface area contributed by atoms with Crippen molar-refractivity contribution in [2.24, 2.45) is 0 Å². The van der Waals surface area contributed by atoms with Gasteiger partial charge in [0.25, 0.3) is 0 Å². The molecule has 4 heteroatoms. The third-order valence-corrected chi connectivity index (χ3v) is 2.33. The zero-order valence-corrected chi connectivity index (χ0v) is 7.53. The van der Waals surface area contributed by atoms with Gasteiger partial charge in [-0.25, -0.2) is 0 Å². The average Bonchev–Trinajstić information content (AvgIpc) is 2.95. The van der Waals surface area contributed by atoms with E-state index in [0.29, 0.717) is 19.8 Å². The van der Waals surface area contributed by atoms with E-state index in [0.717, 1.165) is 17.2 Å². The van der Waals surface area contributed by atoms with Crippen molar-refractivity contribution < 1.29 is 14.3 Å². The molecule has 1 amide bonds. The Balaban J connectivity index is 1.96. The number of amides is 1. The molecule has 0 saturated carbocycles. The van der Waals surface area contributed by atoms with Crippen LogP contribution < -0.4 is 14.4 Å². The van der Waals surface area contributed by atoms with Gasteiger partial charge in [-0.1, -0.05) is 0 Å². The van der Waals surface area contributed by atoms with E-state index in [2.05, 4.69) is 0 Å². The van der Waals surface area contributed by atoms with Crippen LogP contribution in [-0.4, -0.2) is 25.7 Å². The van der Waals surface area contributed by atoms with E-state index in [9.17, 15) is 4.79 Å². The lowest BCUT2D eigenvalue weighted by atomic mass is 10.2. The summed E-state index contributed by atoms with van der Waals surface area (Å²) in [6, 6.07) is 5.56. The third-order valence-electron chi connectivity index (χ3n) is 2.33. The largest absolute Gasteiger partial charge is 0.486 e. The molecule has 2 aliphatic heterocycles. The molecule has 0 unspecified atom stereocenters. The van der Waals surface area contributed by atoms with Crippen molar-refractivity contribution in [2.75, 3.05) is 24.7 Å². The molecule has 1 saturated heterocycles. The lowest BCUT2D eigenvalue weighted by Gasteiger charge is -2.18. The Morgan fingerprint density at radius 1 is 1.14 bits per heavy atom. The summed E-state index contributed by atoms with van der Waals surface area (Å²) in [7, 11) is 0. The maximum Gasteiger partial charge on any atom is 0.247 e. The van der Waals surface area contributed by atoms with Crippen molar-refractivity contribution in [3.8, 4) is 11.5 Å². The zero-order valence-electron chi connectivity index (χ0n) is 7.53. The molecule has 72 valence electrons. The number of hydrogen-bond donors (Lipinski definition) is 0. The highest BCUT2D eigenvalue weighted by Crippen LogP contribution is 2.35. The second-order valence-corrected chi connectivity index (χ2v) is 3.31. The highest BCUT2D eigenvalue weighted by Gasteiger charge is 2.32. The van der Waals surface area contributed by atoms with Crippen molar-refractivity contribution in [3.63, 3.8) is 0 Å². The Labute approximate surface area is 81.0 Å². The Morgan fingerprint density at radius 2 is 1.86 bits per heavy atom. The van der Waals surface area contributed by atoms with E-state index < -0.39 is 0 Å². The fourth-order valence-corrected chi connectivity index (χ4v) is 1.54. The van der Waals surface area contributed by atoms with E-state index in [4.69, 9.17) is 9.47 Å². The number of hydrogen-bond acceptors (Lipinski definition) is 3. The first-order chi connectivity index (χ1) is 6.84. The van der Waals surface area contributed by atoms with Crippen molar-refractivity contribution in [2.45, 2.75) is 0 Å². The summed E-state index contributed by atoms with van der Waals surface area (Å²) < 4.78 is 10.8. The van der Waals surface area contributed by atoms with Crippen LogP contribution in [0.15, 0.2) is 18.2 Å². The van der Waals surface area contributed by atoms with Gasteiger partial charge in [-0.3, -0.25) is 4.79 Å². The normalized spacial score (nSPS) is 18.3. The van der Waals surface area contributed by atoms with E-state index in [1.54, 1.807) is 4.90 Å². The summed E-state index contributed by atoms with van der Waals surface area (Å²) in [5.74, 6) is 1.64. The summed E-state index contributed by atoms with van der Waals surface area (Å²) in [6.07, 6.45) is 0. The number of carbonyl (C=O) groups excluding carboxylic acids is 1. The highest BCUT2D eigenvalue weighted by atomic mass is 16.6. The molecule has 0 aliphatic carbocycles. The molecule has 14 heavy (non-hydrogen) atoms. The number of anilines is 1. The third kappa shape index (κ3) is 1.11. The first-order valence-electron chi connectivity index (χ1n) is 4.54. The van der Waals surface area contributed by atoms with Crippen LogP contribution in [0.25, 0.3) is 0 Å². The highest BCUT2D eigenvalue weighted by molar-refractivity contribution is 6.11. The second-order valence-electron chi connectivity index (χ2n) is 3.31. The first kappa shape index (κ1) is 7.67. The lowest BCUT2D eigenvalue weighted by molar-refractivity contribution is -0.109. The molecule has 1 aromatic carbocycles. The molecule has 4 nitrogen and oxygen atoms in total. The van der Waals surface area contributed by atoms with Crippen molar-refractivity contribution in [1.82, 2.24) is 0 Å². The molecule has 0 spiro atoms. The minimum atomic E-state index is 0.154. The van der Waals surface area contributed by atoms with Crippen LogP contribution in [0.4, 0.5) is 5.69 Å².